The molecule has 3 heteroatoms. The Bertz CT molecular complexity index is 1090. The molecule has 1 N–H and O–H groups in total. The van der Waals surface area contributed by atoms with E-state index in [0.29, 0.717) is 5.75 Å². The van der Waals surface area contributed by atoms with Crippen LogP contribution in [0, 0.1) is 0 Å². The number of rotatable bonds is 1. The summed E-state index contributed by atoms with van der Waals surface area (Å²) in [6.45, 7) is 1.05. The van der Waals surface area contributed by atoms with Gasteiger partial charge in [-0.15, -0.1) is 0 Å². The lowest BCUT2D eigenvalue weighted by Gasteiger charge is -2.08. The monoisotopic (exact) mass is 328 g/mol. The molecule has 0 fully saturated rings. The molecule has 1 aliphatic rings. The van der Waals surface area contributed by atoms with Gasteiger partial charge in [0.25, 0.3) is 0 Å². The number of nitrogens with zero attached hydrogens (tertiary/aromatic N) is 2. The van der Waals surface area contributed by atoms with Crippen LogP contribution in [0.4, 0.5) is 0 Å². The zero-order valence-corrected chi connectivity index (χ0v) is 14.1. The number of hydrogen-bond donors (Lipinski definition) is 1. The van der Waals surface area contributed by atoms with E-state index in [-0.39, 0.29) is 0 Å². The van der Waals surface area contributed by atoms with E-state index in [9.17, 15) is 5.11 Å². The highest BCUT2D eigenvalue weighted by atomic mass is 16.3. The normalized spacial score (nSPS) is 14.6. The molecule has 0 atom stereocenters. The van der Waals surface area contributed by atoms with Gasteiger partial charge in [-0.1, -0.05) is 30.7 Å². The van der Waals surface area contributed by atoms with Crippen LogP contribution in [0.5, 0.6) is 5.75 Å². The van der Waals surface area contributed by atoms with Crippen molar-refractivity contribution in [3.63, 3.8) is 0 Å². The molecule has 3 heterocycles. The second-order valence-corrected chi connectivity index (χ2v) is 6.87. The summed E-state index contributed by atoms with van der Waals surface area (Å²) in [5, 5.41) is 12.3. The number of aryl methyl sites for hydroxylation is 1. The fraction of sp³-hybridized carbons (Fsp3) is 0.227. The fourth-order valence-corrected chi connectivity index (χ4v) is 4.14. The quantitative estimate of drug-likeness (QED) is 0.515. The van der Waals surface area contributed by atoms with Crippen molar-refractivity contribution in [2.24, 2.45) is 0 Å². The van der Waals surface area contributed by atoms with Gasteiger partial charge >= 0.3 is 0 Å². The number of fused-ring (bicyclic) bond motifs is 4. The van der Waals surface area contributed by atoms with E-state index in [4.69, 9.17) is 4.98 Å². The van der Waals surface area contributed by atoms with Gasteiger partial charge in [0.2, 0.25) is 0 Å². The summed E-state index contributed by atoms with van der Waals surface area (Å²) >= 11 is 0. The molecule has 2 aromatic carbocycles. The Balaban J connectivity index is 1.84. The number of para-hydroxylation sites is 1. The van der Waals surface area contributed by atoms with Crippen LogP contribution < -0.4 is 0 Å². The topological polar surface area (TPSA) is 38.1 Å². The van der Waals surface area contributed by atoms with E-state index in [1.807, 2.05) is 24.3 Å². The van der Waals surface area contributed by atoms with Gasteiger partial charge in [0.05, 0.1) is 11.2 Å². The summed E-state index contributed by atoms with van der Waals surface area (Å²) in [4.78, 5) is 4.94. The Labute approximate surface area is 146 Å². The molecule has 124 valence electrons. The van der Waals surface area contributed by atoms with E-state index in [1.54, 1.807) is 6.07 Å². The molecule has 3 nitrogen and oxygen atoms in total. The van der Waals surface area contributed by atoms with Crippen molar-refractivity contribution in [2.45, 2.75) is 32.2 Å². The van der Waals surface area contributed by atoms with Crippen LogP contribution in [0.15, 0.2) is 54.6 Å². The molecule has 4 aromatic rings. The van der Waals surface area contributed by atoms with Gasteiger partial charge in [-0.3, -0.25) is 0 Å². The van der Waals surface area contributed by atoms with E-state index in [0.717, 1.165) is 34.9 Å². The predicted molar refractivity (Wildman–Crippen MR) is 102 cm³/mol. The summed E-state index contributed by atoms with van der Waals surface area (Å²) in [5.41, 5.74) is 5.78. The number of phenols is 1. The summed E-state index contributed by atoms with van der Waals surface area (Å²) in [7, 11) is 0. The molecule has 2 aromatic heterocycles. The fourth-order valence-electron chi connectivity index (χ4n) is 4.14. The minimum Gasteiger partial charge on any atom is -0.508 e. The molecule has 5 rings (SSSR count). The largest absolute Gasteiger partial charge is 0.508 e. The second-order valence-electron chi connectivity index (χ2n) is 6.87. The molecule has 0 spiro atoms. The van der Waals surface area contributed by atoms with Gasteiger partial charge in [0.1, 0.15) is 5.75 Å². The van der Waals surface area contributed by atoms with E-state index >= 15 is 0 Å². The Morgan fingerprint density at radius 1 is 0.920 bits per heavy atom. The van der Waals surface area contributed by atoms with Gasteiger partial charge in [0.15, 0.2) is 0 Å². The lowest BCUT2D eigenvalue weighted by molar-refractivity contribution is 0.476. The number of phenolic OH excluding ortho intramolecular Hbond substituents is 1. The van der Waals surface area contributed by atoms with Gasteiger partial charge in [-0.05, 0) is 49.6 Å². The van der Waals surface area contributed by atoms with Gasteiger partial charge in [-0.25, -0.2) is 4.98 Å². The van der Waals surface area contributed by atoms with Gasteiger partial charge in [-0.2, -0.15) is 0 Å². The summed E-state index contributed by atoms with van der Waals surface area (Å²) < 4.78 is 2.44. The van der Waals surface area contributed by atoms with Gasteiger partial charge < -0.3 is 9.67 Å². The van der Waals surface area contributed by atoms with Crippen molar-refractivity contribution in [3.05, 3.63) is 60.3 Å². The SMILES string of the molecule is Oc1ccc2c(c1)c(-c1ccc3ccccc3n1)c1n2CCCCC1. The molecule has 0 aliphatic carbocycles. The lowest BCUT2D eigenvalue weighted by Crippen LogP contribution is -2.00. The Hall–Kier alpha value is -2.81. The molecule has 0 saturated heterocycles. The molecule has 25 heavy (non-hydrogen) atoms. The zero-order chi connectivity index (χ0) is 16.8. The van der Waals surface area contributed by atoms with Crippen molar-refractivity contribution in [3.8, 4) is 17.0 Å². The average Bonchev–Trinajstić information content (AvgIpc) is 2.78. The third-order valence-electron chi connectivity index (χ3n) is 5.30. The minimum atomic E-state index is 0.315. The molecule has 1 aliphatic heterocycles. The lowest BCUT2D eigenvalue weighted by atomic mass is 10.0. The maximum atomic E-state index is 10.1. The number of aromatic nitrogens is 2. The number of pyridine rings is 1. The van der Waals surface area contributed by atoms with Crippen LogP contribution in [0.3, 0.4) is 0 Å². The highest BCUT2D eigenvalue weighted by molar-refractivity contribution is 5.99. The zero-order valence-electron chi connectivity index (χ0n) is 14.1. The highest BCUT2D eigenvalue weighted by Crippen LogP contribution is 2.38. The third-order valence-corrected chi connectivity index (χ3v) is 5.30. The number of hydrogen-bond acceptors (Lipinski definition) is 2. The molecular weight excluding hydrogens is 308 g/mol. The molecule has 0 amide bonds. The van der Waals surface area contributed by atoms with Crippen LogP contribution in [0.2, 0.25) is 0 Å². The Morgan fingerprint density at radius 3 is 2.80 bits per heavy atom. The predicted octanol–water partition coefficient (Wildman–Crippen LogP) is 5.29. The van der Waals surface area contributed by atoms with Gasteiger partial charge in [0, 0.05) is 34.1 Å². The van der Waals surface area contributed by atoms with E-state index in [2.05, 4.69) is 28.8 Å². The van der Waals surface area contributed by atoms with Crippen LogP contribution in [-0.2, 0) is 13.0 Å². The first-order valence-corrected chi connectivity index (χ1v) is 9.01. The molecule has 0 bridgehead atoms. The van der Waals surface area contributed by atoms with Crippen molar-refractivity contribution >= 4 is 21.8 Å². The average molecular weight is 328 g/mol. The Kier molecular flexibility index (Phi) is 3.27. The second kappa shape index (κ2) is 5.62. The maximum absolute atomic E-state index is 10.1. The van der Waals surface area contributed by atoms with Crippen molar-refractivity contribution in [2.75, 3.05) is 0 Å². The molecule has 0 saturated carbocycles. The summed E-state index contributed by atoms with van der Waals surface area (Å²) in [6, 6.07) is 18.2. The summed E-state index contributed by atoms with van der Waals surface area (Å²) in [6.07, 6.45) is 4.76. The van der Waals surface area contributed by atoms with Crippen LogP contribution >= 0.6 is 0 Å². The van der Waals surface area contributed by atoms with Crippen LogP contribution in [0.25, 0.3) is 33.1 Å². The third kappa shape index (κ3) is 2.30. The first-order chi connectivity index (χ1) is 12.3. The van der Waals surface area contributed by atoms with Crippen molar-refractivity contribution in [1.29, 1.82) is 0 Å². The molecule has 0 unspecified atom stereocenters. The highest BCUT2D eigenvalue weighted by Gasteiger charge is 2.21. The van der Waals surface area contributed by atoms with E-state index < -0.39 is 0 Å². The van der Waals surface area contributed by atoms with Crippen LogP contribution in [-0.4, -0.2) is 14.7 Å². The number of aromatic hydroxyl groups is 1. The molecule has 0 radical (unpaired) electrons. The summed E-state index contributed by atoms with van der Waals surface area (Å²) in [5.74, 6) is 0.315. The minimum absolute atomic E-state index is 0.315. The van der Waals surface area contributed by atoms with Crippen molar-refractivity contribution in [1.82, 2.24) is 9.55 Å². The first kappa shape index (κ1) is 14.5. The number of benzene rings is 2. The Morgan fingerprint density at radius 2 is 1.84 bits per heavy atom. The van der Waals surface area contributed by atoms with Crippen LogP contribution in [0.1, 0.15) is 25.0 Å². The first-order valence-electron chi connectivity index (χ1n) is 9.01. The standard InChI is InChI=1S/C22H20N2O/c25-16-10-12-20-17(14-16)22(21-8-2-1-5-13-24(20)21)19-11-9-15-6-3-4-7-18(15)23-19/h3-4,6-7,9-12,14,25H,1-2,5,8,13H2. The van der Waals surface area contributed by atoms with E-state index in [1.165, 1.54) is 36.0 Å². The maximum Gasteiger partial charge on any atom is 0.116 e. The smallest absolute Gasteiger partial charge is 0.116 e. The molecular formula is C22H20N2O. The van der Waals surface area contributed by atoms with Crippen molar-refractivity contribution < 1.29 is 5.11 Å².